The molecule has 0 saturated heterocycles. The zero-order valence-electron chi connectivity index (χ0n) is 26.4. The minimum absolute atomic E-state index is 0.617. The summed E-state index contributed by atoms with van der Waals surface area (Å²) in [5.74, 6) is 0.617. The smallest absolute Gasteiger partial charge is 0.227 e. The van der Waals surface area contributed by atoms with Crippen LogP contribution in [0.4, 0.5) is 17.1 Å². The Kier molecular flexibility index (Phi) is 6.65. The third-order valence-corrected chi connectivity index (χ3v) is 9.11. The molecule has 9 aromatic rings. The van der Waals surface area contributed by atoms with Gasteiger partial charge in [0.15, 0.2) is 5.58 Å². The summed E-state index contributed by atoms with van der Waals surface area (Å²) >= 11 is 0. The van der Waals surface area contributed by atoms with Crippen molar-refractivity contribution in [3.05, 3.63) is 175 Å². The van der Waals surface area contributed by atoms with Crippen LogP contribution in [0, 0.1) is 6.92 Å². The standard InChI is InChI=1S/C44H31N3O/c1-30-15-17-31(18-16-30)32-19-23-35(24-20-32)46(36-25-21-33(22-26-36)44-45-40-12-6-8-14-43(40)48-44)37-27-28-42-39(29-37)38-11-5-7-13-41(38)47(42)34-9-3-2-4-10-34/h2-29H,1H3. The second kappa shape index (κ2) is 11.4. The van der Waals surface area contributed by atoms with E-state index in [1.165, 1.54) is 38.5 Å². The van der Waals surface area contributed by atoms with Crippen molar-refractivity contribution >= 4 is 50.0 Å². The van der Waals surface area contributed by atoms with Gasteiger partial charge in [-0.1, -0.05) is 90.5 Å². The summed E-state index contributed by atoms with van der Waals surface area (Å²) < 4.78 is 8.44. The largest absolute Gasteiger partial charge is 0.436 e. The highest BCUT2D eigenvalue weighted by Gasteiger charge is 2.18. The van der Waals surface area contributed by atoms with Crippen molar-refractivity contribution in [3.63, 3.8) is 0 Å². The Morgan fingerprint density at radius 2 is 1.08 bits per heavy atom. The van der Waals surface area contributed by atoms with Crippen LogP contribution >= 0.6 is 0 Å². The summed E-state index contributed by atoms with van der Waals surface area (Å²) in [6, 6.07) is 59.9. The summed E-state index contributed by atoms with van der Waals surface area (Å²) in [5.41, 5.74) is 12.9. The van der Waals surface area contributed by atoms with Crippen LogP contribution in [0.1, 0.15) is 5.56 Å². The third kappa shape index (κ3) is 4.83. The van der Waals surface area contributed by atoms with Crippen LogP contribution in [0.5, 0.6) is 0 Å². The Balaban J connectivity index is 1.18. The highest BCUT2D eigenvalue weighted by Crippen LogP contribution is 2.40. The Bertz CT molecular complexity index is 2510. The molecular weight excluding hydrogens is 587 g/mol. The van der Waals surface area contributed by atoms with Crippen LogP contribution < -0.4 is 4.90 Å². The molecule has 0 atom stereocenters. The number of fused-ring (bicyclic) bond motifs is 4. The third-order valence-electron chi connectivity index (χ3n) is 9.11. The van der Waals surface area contributed by atoms with Crippen LogP contribution in [0.15, 0.2) is 174 Å². The number of para-hydroxylation sites is 4. The van der Waals surface area contributed by atoms with Crippen LogP contribution in [-0.4, -0.2) is 9.55 Å². The molecule has 0 saturated carbocycles. The number of benzene rings is 7. The van der Waals surface area contributed by atoms with Gasteiger partial charge in [0.05, 0.1) is 11.0 Å². The lowest BCUT2D eigenvalue weighted by molar-refractivity contribution is 0.620. The van der Waals surface area contributed by atoms with Gasteiger partial charge in [-0.2, -0.15) is 0 Å². The van der Waals surface area contributed by atoms with Gasteiger partial charge in [-0.15, -0.1) is 0 Å². The van der Waals surface area contributed by atoms with Crippen molar-refractivity contribution in [2.75, 3.05) is 4.90 Å². The molecule has 0 radical (unpaired) electrons. The van der Waals surface area contributed by atoms with Crippen molar-refractivity contribution in [2.24, 2.45) is 0 Å². The van der Waals surface area contributed by atoms with Crippen molar-refractivity contribution < 1.29 is 4.42 Å². The summed E-state index contributed by atoms with van der Waals surface area (Å²) in [7, 11) is 0. The van der Waals surface area contributed by atoms with E-state index in [0.29, 0.717) is 5.89 Å². The Hall–Kier alpha value is -6.39. The normalized spacial score (nSPS) is 11.4. The Morgan fingerprint density at radius 3 is 1.81 bits per heavy atom. The fraction of sp³-hybridized carbons (Fsp3) is 0.0227. The molecule has 0 aliphatic rings. The number of hydrogen-bond acceptors (Lipinski definition) is 3. The molecule has 7 aromatic carbocycles. The lowest BCUT2D eigenvalue weighted by Crippen LogP contribution is -2.10. The fourth-order valence-corrected chi connectivity index (χ4v) is 6.70. The van der Waals surface area contributed by atoms with Crippen LogP contribution in [0.25, 0.3) is 61.2 Å². The highest BCUT2D eigenvalue weighted by molar-refractivity contribution is 6.10. The molecular formula is C44H31N3O. The van der Waals surface area contributed by atoms with Crippen LogP contribution in [0.2, 0.25) is 0 Å². The lowest BCUT2D eigenvalue weighted by atomic mass is 10.0. The summed E-state index contributed by atoms with van der Waals surface area (Å²) in [4.78, 5) is 7.05. The van der Waals surface area contributed by atoms with Crippen molar-refractivity contribution in [3.8, 4) is 28.3 Å². The second-order valence-corrected chi connectivity index (χ2v) is 12.2. The maximum absolute atomic E-state index is 6.09. The predicted molar refractivity (Wildman–Crippen MR) is 199 cm³/mol. The van der Waals surface area contributed by atoms with E-state index in [2.05, 4.69) is 162 Å². The van der Waals surface area contributed by atoms with Gasteiger partial charge in [0.2, 0.25) is 5.89 Å². The number of nitrogens with zero attached hydrogens (tertiary/aromatic N) is 3. The molecule has 0 unspecified atom stereocenters. The molecule has 48 heavy (non-hydrogen) atoms. The Labute approximate surface area is 278 Å². The van der Waals surface area contributed by atoms with Crippen molar-refractivity contribution in [2.45, 2.75) is 6.92 Å². The monoisotopic (exact) mass is 617 g/mol. The molecule has 0 N–H and O–H groups in total. The van der Waals surface area contributed by atoms with E-state index in [-0.39, 0.29) is 0 Å². The van der Waals surface area contributed by atoms with Crippen LogP contribution in [0.3, 0.4) is 0 Å². The molecule has 0 aliphatic carbocycles. The summed E-state index contributed by atoms with van der Waals surface area (Å²) in [6.45, 7) is 2.12. The summed E-state index contributed by atoms with van der Waals surface area (Å²) in [5, 5.41) is 2.43. The second-order valence-electron chi connectivity index (χ2n) is 12.2. The van der Waals surface area contributed by atoms with E-state index in [9.17, 15) is 0 Å². The molecule has 228 valence electrons. The topological polar surface area (TPSA) is 34.2 Å². The average molecular weight is 618 g/mol. The molecule has 0 spiro atoms. The summed E-state index contributed by atoms with van der Waals surface area (Å²) in [6.07, 6.45) is 0. The number of anilines is 3. The molecule has 4 nitrogen and oxygen atoms in total. The number of aryl methyl sites for hydroxylation is 1. The van der Waals surface area contributed by atoms with Gasteiger partial charge in [0.1, 0.15) is 5.52 Å². The van der Waals surface area contributed by atoms with Gasteiger partial charge in [-0.25, -0.2) is 4.98 Å². The highest BCUT2D eigenvalue weighted by atomic mass is 16.3. The van der Waals surface area contributed by atoms with Crippen molar-refractivity contribution in [1.29, 1.82) is 0 Å². The molecule has 0 aliphatic heterocycles. The zero-order valence-corrected chi connectivity index (χ0v) is 26.4. The number of oxazole rings is 1. The fourth-order valence-electron chi connectivity index (χ4n) is 6.70. The maximum atomic E-state index is 6.09. The number of rotatable bonds is 6. The first-order valence-corrected chi connectivity index (χ1v) is 16.2. The zero-order chi connectivity index (χ0) is 32.0. The number of aromatic nitrogens is 2. The van der Waals surface area contributed by atoms with Gasteiger partial charge < -0.3 is 13.9 Å². The van der Waals surface area contributed by atoms with E-state index in [1.807, 2.05) is 24.3 Å². The molecule has 2 heterocycles. The molecule has 2 aromatic heterocycles. The van der Waals surface area contributed by atoms with Crippen LogP contribution in [-0.2, 0) is 0 Å². The first-order valence-electron chi connectivity index (χ1n) is 16.2. The van der Waals surface area contributed by atoms with Gasteiger partial charge in [0, 0.05) is 39.1 Å². The maximum Gasteiger partial charge on any atom is 0.227 e. The van der Waals surface area contributed by atoms with E-state index < -0.39 is 0 Å². The van der Waals surface area contributed by atoms with Crippen molar-refractivity contribution in [1.82, 2.24) is 9.55 Å². The SMILES string of the molecule is Cc1ccc(-c2ccc(N(c3ccc(-c4nc5ccccc5o4)cc3)c3ccc4c(c3)c3ccccc3n4-c3ccccc3)cc2)cc1. The predicted octanol–water partition coefficient (Wildman–Crippen LogP) is 12.0. The molecule has 0 bridgehead atoms. The van der Waals surface area contributed by atoms with Gasteiger partial charge in [-0.05, 0) is 103 Å². The molecule has 0 fully saturated rings. The first kappa shape index (κ1) is 27.9. The van der Waals surface area contributed by atoms with Gasteiger partial charge >= 0.3 is 0 Å². The minimum Gasteiger partial charge on any atom is -0.436 e. The first-order chi connectivity index (χ1) is 23.7. The van der Waals surface area contributed by atoms with E-state index in [0.717, 1.165) is 39.4 Å². The molecule has 0 amide bonds. The average Bonchev–Trinajstić information content (AvgIpc) is 3.73. The lowest BCUT2D eigenvalue weighted by Gasteiger charge is -2.26. The van der Waals surface area contributed by atoms with E-state index in [4.69, 9.17) is 9.40 Å². The van der Waals surface area contributed by atoms with Gasteiger partial charge in [0.25, 0.3) is 0 Å². The van der Waals surface area contributed by atoms with E-state index in [1.54, 1.807) is 0 Å². The quantitative estimate of drug-likeness (QED) is 0.186. The molecule has 4 heteroatoms. The Morgan fingerprint density at radius 1 is 0.500 bits per heavy atom. The van der Waals surface area contributed by atoms with E-state index >= 15 is 0 Å². The number of hydrogen-bond donors (Lipinski definition) is 0. The minimum atomic E-state index is 0.617. The molecule has 9 rings (SSSR count). The van der Waals surface area contributed by atoms with Gasteiger partial charge in [-0.3, -0.25) is 0 Å².